The van der Waals surface area contributed by atoms with Gasteiger partial charge in [-0.05, 0) is 67.0 Å². The number of nitrogens with two attached hydrogens (primary N) is 1. The summed E-state index contributed by atoms with van der Waals surface area (Å²) < 4.78 is 6.23. The van der Waals surface area contributed by atoms with Gasteiger partial charge >= 0.3 is 0 Å². The van der Waals surface area contributed by atoms with E-state index in [9.17, 15) is 0 Å². The molecule has 0 aromatic heterocycles. The third kappa shape index (κ3) is 5.38. The third-order valence-corrected chi connectivity index (χ3v) is 3.49. The normalized spacial score (nSPS) is 12.8. The number of nitrogens with zero attached hydrogens (tertiary/aromatic N) is 1. The second-order valence-electron chi connectivity index (χ2n) is 4.83. The van der Waals surface area contributed by atoms with Gasteiger partial charge in [-0.25, -0.2) is 0 Å². The molecule has 0 spiro atoms. The third-order valence-electron chi connectivity index (χ3n) is 2.87. The molecule has 0 saturated heterocycles. The second-order valence-corrected chi connectivity index (χ2v) is 5.68. The minimum absolute atomic E-state index is 0.300. The zero-order valence-electron chi connectivity index (χ0n) is 11.4. The van der Waals surface area contributed by atoms with Crippen LogP contribution in [0.2, 0.25) is 0 Å². The van der Waals surface area contributed by atoms with Crippen LogP contribution < -0.4 is 10.5 Å². The lowest BCUT2D eigenvalue weighted by Crippen LogP contribution is -2.22. The number of hydrogen-bond donors (Lipinski definition) is 1. The molecule has 1 aromatic rings. The fourth-order valence-corrected chi connectivity index (χ4v) is 2.47. The summed E-state index contributed by atoms with van der Waals surface area (Å²) in [7, 11) is 3.82. The Morgan fingerprint density at radius 3 is 2.72 bits per heavy atom. The Morgan fingerprint density at radius 1 is 1.44 bits per heavy atom. The molecule has 102 valence electrons. The summed E-state index contributed by atoms with van der Waals surface area (Å²) >= 11 is 3.51. The minimum atomic E-state index is 0.300. The molecule has 1 rings (SSSR count). The smallest absolute Gasteiger partial charge is 0.133 e. The van der Waals surface area contributed by atoms with E-state index in [0.29, 0.717) is 6.04 Å². The summed E-state index contributed by atoms with van der Waals surface area (Å²) in [5.74, 6) is 0.873. The first-order valence-corrected chi connectivity index (χ1v) is 7.08. The van der Waals surface area contributed by atoms with Crippen molar-refractivity contribution < 1.29 is 4.74 Å². The van der Waals surface area contributed by atoms with Gasteiger partial charge in [-0.2, -0.15) is 0 Å². The Labute approximate surface area is 118 Å². The van der Waals surface area contributed by atoms with E-state index < -0.39 is 0 Å². The lowest BCUT2D eigenvalue weighted by Gasteiger charge is -2.17. The molecular formula is C14H23BrN2O. The molecule has 0 amide bonds. The van der Waals surface area contributed by atoms with Crippen molar-refractivity contribution in [3.63, 3.8) is 0 Å². The van der Waals surface area contributed by atoms with Crippen molar-refractivity contribution in [3.8, 4) is 5.75 Å². The molecule has 4 heteroatoms. The van der Waals surface area contributed by atoms with Gasteiger partial charge in [0.1, 0.15) is 5.75 Å². The fourth-order valence-electron chi connectivity index (χ4n) is 1.88. The molecule has 18 heavy (non-hydrogen) atoms. The Morgan fingerprint density at radius 2 is 2.17 bits per heavy atom. The lowest BCUT2D eigenvalue weighted by molar-refractivity contribution is 0.315. The van der Waals surface area contributed by atoms with Gasteiger partial charge in [-0.15, -0.1) is 0 Å². The van der Waals surface area contributed by atoms with Gasteiger partial charge in [0.15, 0.2) is 0 Å². The van der Waals surface area contributed by atoms with Crippen molar-refractivity contribution in [3.05, 3.63) is 28.2 Å². The highest BCUT2D eigenvalue weighted by atomic mass is 79.9. The Kier molecular flexibility index (Phi) is 6.68. The predicted molar refractivity (Wildman–Crippen MR) is 79.9 cm³/mol. The molecule has 0 aliphatic heterocycles. The van der Waals surface area contributed by atoms with Crippen LogP contribution in [0.3, 0.4) is 0 Å². The van der Waals surface area contributed by atoms with Crippen molar-refractivity contribution in [2.45, 2.75) is 32.4 Å². The van der Waals surface area contributed by atoms with Gasteiger partial charge in [0, 0.05) is 12.6 Å². The van der Waals surface area contributed by atoms with Crippen LogP contribution >= 0.6 is 15.9 Å². The van der Waals surface area contributed by atoms with Gasteiger partial charge in [0.05, 0.1) is 11.6 Å². The highest BCUT2D eigenvalue weighted by molar-refractivity contribution is 9.10. The van der Waals surface area contributed by atoms with Crippen LogP contribution in [0.1, 0.15) is 25.3 Å². The van der Waals surface area contributed by atoms with Crippen LogP contribution in [0.4, 0.5) is 0 Å². The average molecular weight is 315 g/mol. The summed E-state index contributed by atoms with van der Waals surface area (Å²) in [5, 5.41) is 0. The van der Waals surface area contributed by atoms with Crippen LogP contribution in [0.25, 0.3) is 0 Å². The Balaban J connectivity index is 2.44. The zero-order chi connectivity index (χ0) is 13.5. The first-order chi connectivity index (χ1) is 8.52. The van der Waals surface area contributed by atoms with Crippen molar-refractivity contribution in [1.29, 1.82) is 0 Å². The number of ether oxygens (including phenoxy) is 1. The SMILES string of the molecule is COc1ccc(CN(C)CCCC(C)N)cc1Br. The van der Waals surface area contributed by atoms with Gasteiger partial charge in [0.2, 0.25) is 0 Å². The van der Waals surface area contributed by atoms with Crippen molar-refractivity contribution in [2.24, 2.45) is 5.73 Å². The molecule has 1 unspecified atom stereocenters. The Hall–Kier alpha value is -0.580. The molecule has 0 aliphatic carbocycles. The molecule has 0 radical (unpaired) electrons. The minimum Gasteiger partial charge on any atom is -0.496 e. The van der Waals surface area contributed by atoms with Crippen molar-refractivity contribution in [1.82, 2.24) is 4.90 Å². The molecule has 0 aliphatic rings. The zero-order valence-corrected chi connectivity index (χ0v) is 13.0. The van der Waals surface area contributed by atoms with E-state index in [1.165, 1.54) is 5.56 Å². The van der Waals surface area contributed by atoms with E-state index in [0.717, 1.165) is 36.2 Å². The lowest BCUT2D eigenvalue weighted by atomic mass is 10.1. The average Bonchev–Trinajstić information content (AvgIpc) is 2.28. The van der Waals surface area contributed by atoms with Gasteiger partial charge in [-0.3, -0.25) is 0 Å². The molecule has 0 fully saturated rings. The van der Waals surface area contributed by atoms with Crippen LogP contribution in [0.5, 0.6) is 5.75 Å². The summed E-state index contributed by atoms with van der Waals surface area (Å²) in [5.41, 5.74) is 7.03. The second kappa shape index (κ2) is 7.77. The van der Waals surface area contributed by atoms with E-state index in [1.54, 1.807) is 7.11 Å². The molecule has 0 saturated carbocycles. The quantitative estimate of drug-likeness (QED) is 0.840. The molecule has 3 nitrogen and oxygen atoms in total. The van der Waals surface area contributed by atoms with Crippen LogP contribution in [0.15, 0.2) is 22.7 Å². The maximum atomic E-state index is 5.74. The summed E-state index contributed by atoms with van der Waals surface area (Å²) in [6.45, 7) is 4.08. The van der Waals surface area contributed by atoms with E-state index in [4.69, 9.17) is 10.5 Å². The van der Waals surface area contributed by atoms with E-state index >= 15 is 0 Å². The monoisotopic (exact) mass is 314 g/mol. The van der Waals surface area contributed by atoms with Crippen molar-refractivity contribution in [2.75, 3.05) is 20.7 Å². The number of rotatable bonds is 7. The topological polar surface area (TPSA) is 38.5 Å². The number of halogens is 1. The van der Waals surface area contributed by atoms with Crippen molar-refractivity contribution >= 4 is 15.9 Å². The van der Waals surface area contributed by atoms with Gasteiger partial charge in [-0.1, -0.05) is 6.07 Å². The van der Waals surface area contributed by atoms with Gasteiger partial charge < -0.3 is 15.4 Å². The maximum Gasteiger partial charge on any atom is 0.133 e. The molecule has 2 N–H and O–H groups in total. The van der Waals surface area contributed by atoms with Crippen LogP contribution in [-0.4, -0.2) is 31.6 Å². The first-order valence-electron chi connectivity index (χ1n) is 6.29. The number of benzene rings is 1. The number of methoxy groups -OCH3 is 1. The molecular weight excluding hydrogens is 292 g/mol. The van der Waals surface area contributed by atoms with E-state index in [-0.39, 0.29) is 0 Å². The molecule has 1 atom stereocenters. The molecule has 0 heterocycles. The summed E-state index contributed by atoms with van der Waals surface area (Å²) in [4.78, 5) is 2.32. The largest absolute Gasteiger partial charge is 0.496 e. The summed E-state index contributed by atoms with van der Waals surface area (Å²) in [6, 6.07) is 6.51. The standard InChI is InChI=1S/C14H23BrN2O/c1-11(16)5-4-8-17(2)10-12-6-7-14(18-3)13(15)9-12/h6-7,9,11H,4-5,8,10,16H2,1-3H3. The molecule has 0 bridgehead atoms. The predicted octanol–water partition coefficient (Wildman–Crippen LogP) is 3.02. The van der Waals surface area contributed by atoms with E-state index in [2.05, 4.69) is 46.9 Å². The van der Waals surface area contributed by atoms with Crippen LogP contribution in [-0.2, 0) is 6.54 Å². The number of hydrogen-bond acceptors (Lipinski definition) is 3. The van der Waals surface area contributed by atoms with E-state index in [1.807, 2.05) is 6.07 Å². The fraction of sp³-hybridized carbons (Fsp3) is 0.571. The van der Waals surface area contributed by atoms with Gasteiger partial charge in [0.25, 0.3) is 0 Å². The first kappa shape index (κ1) is 15.5. The Bertz CT molecular complexity index is 369. The maximum absolute atomic E-state index is 5.74. The highest BCUT2D eigenvalue weighted by Gasteiger charge is 2.05. The van der Waals surface area contributed by atoms with Crippen LogP contribution in [0, 0.1) is 0 Å². The summed E-state index contributed by atoms with van der Waals surface area (Å²) in [6.07, 6.45) is 2.22. The highest BCUT2D eigenvalue weighted by Crippen LogP contribution is 2.25. The molecule has 1 aromatic carbocycles.